The Hall–Kier alpha value is -4.33. The molecule has 0 saturated carbocycles. The van der Waals surface area contributed by atoms with Crippen molar-refractivity contribution < 1.29 is 22.9 Å². The summed E-state index contributed by atoms with van der Waals surface area (Å²) in [5.41, 5.74) is 1.10. The second-order valence-electron chi connectivity index (χ2n) is 9.14. The number of hydrogen-bond donors (Lipinski definition) is 2. The number of non-ortho nitro benzene ring substituents is 1. The number of rotatable bonds is 11. The topological polar surface area (TPSA) is 158 Å². The highest BCUT2D eigenvalue weighted by atomic mass is 35.5. The molecule has 4 aromatic rings. The van der Waals surface area contributed by atoms with Crippen LogP contribution in [0.25, 0.3) is 5.69 Å². The van der Waals surface area contributed by atoms with Gasteiger partial charge in [0.1, 0.15) is 10.6 Å². The van der Waals surface area contributed by atoms with Gasteiger partial charge in [0.15, 0.2) is 5.69 Å². The van der Waals surface area contributed by atoms with Crippen LogP contribution in [0.1, 0.15) is 41.9 Å². The third-order valence-corrected chi connectivity index (χ3v) is 7.96. The lowest BCUT2D eigenvalue weighted by Gasteiger charge is -2.16. The van der Waals surface area contributed by atoms with Crippen LogP contribution in [0, 0.1) is 17.0 Å². The molecule has 0 aliphatic heterocycles. The number of amides is 1. The van der Waals surface area contributed by atoms with Gasteiger partial charge in [-0.1, -0.05) is 30.7 Å². The Bertz CT molecular complexity index is 1690. The molecule has 12 nitrogen and oxygen atoms in total. The number of nitrogens with zero attached hydrogens (tertiary/aromatic N) is 4. The van der Waals surface area contributed by atoms with Crippen LogP contribution in [-0.4, -0.2) is 40.1 Å². The predicted molar refractivity (Wildman–Crippen MR) is 152 cm³/mol. The van der Waals surface area contributed by atoms with Crippen molar-refractivity contribution >= 4 is 33.2 Å². The van der Waals surface area contributed by atoms with Gasteiger partial charge in [-0.15, -0.1) is 0 Å². The Kier molecular flexibility index (Phi) is 9.01. The number of nitro groups is 1. The Morgan fingerprint density at radius 1 is 1.20 bits per heavy atom. The Balaban J connectivity index is 1.81. The lowest BCUT2D eigenvalue weighted by Crippen LogP contribution is -2.32. The van der Waals surface area contributed by atoms with Gasteiger partial charge in [0, 0.05) is 47.7 Å². The molecular formula is C27H27ClN6O6S. The summed E-state index contributed by atoms with van der Waals surface area (Å²) in [6.45, 7) is 5.26. The van der Waals surface area contributed by atoms with Crippen LogP contribution in [0.4, 0.5) is 5.69 Å². The number of sulfonamides is 1. The molecule has 0 aliphatic carbocycles. The first-order valence-corrected chi connectivity index (χ1v) is 14.4. The quantitative estimate of drug-likeness (QED) is 0.181. The maximum absolute atomic E-state index is 13.3. The van der Waals surface area contributed by atoms with Gasteiger partial charge in [-0.2, -0.15) is 9.78 Å². The zero-order valence-electron chi connectivity index (χ0n) is 22.4. The summed E-state index contributed by atoms with van der Waals surface area (Å²) in [5.74, 6) is -0.681. The minimum atomic E-state index is -4.24. The van der Waals surface area contributed by atoms with E-state index in [1.807, 2.05) is 6.07 Å². The maximum atomic E-state index is 13.3. The second kappa shape index (κ2) is 12.5. The molecule has 1 atom stereocenters. The average Bonchev–Trinajstić information content (AvgIpc) is 3.27. The third kappa shape index (κ3) is 6.88. The fourth-order valence-corrected chi connectivity index (χ4v) is 5.45. The third-order valence-electron chi connectivity index (χ3n) is 6.12. The number of halogens is 1. The molecule has 0 radical (unpaired) electrons. The number of benzene rings is 2. The zero-order chi connectivity index (χ0) is 29.7. The normalized spacial score (nSPS) is 12.1. The fourth-order valence-electron chi connectivity index (χ4n) is 3.79. The molecule has 0 bridgehead atoms. The lowest BCUT2D eigenvalue weighted by atomic mass is 10.2. The van der Waals surface area contributed by atoms with Crippen LogP contribution in [-0.2, 0) is 16.6 Å². The predicted octanol–water partition coefficient (Wildman–Crippen LogP) is 4.94. The highest BCUT2D eigenvalue weighted by Crippen LogP contribution is 2.36. The molecule has 0 fully saturated rings. The number of ether oxygens (including phenoxy) is 1. The molecule has 2 N–H and O–H groups in total. The van der Waals surface area contributed by atoms with Gasteiger partial charge in [0.25, 0.3) is 11.6 Å². The van der Waals surface area contributed by atoms with Crippen LogP contribution >= 0.6 is 11.6 Å². The standard InChI is InChI=1S/C27H27ClN6O6S/c1-4-17(2)32-41(38,39)24-14-22(34(36)37)10-11-23(24)40-27-18(3)25(26(35)30-16-19-7-6-12-29-15-19)31-33(27)21-9-5-8-20(28)13-21/h5-15,17,32H,4,16H2,1-3H3,(H,30,35)/t17-/m0/s1. The van der Waals surface area contributed by atoms with E-state index in [1.165, 1.54) is 10.7 Å². The molecule has 0 saturated heterocycles. The number of hydrogen-bond acceptors (Lipinski definition) is 8. The summed E-state index contributed by atoms with van der Waals surface area (Å²) in [7, 11) is -4.24. The summed E-state index contributed by atoms with van der Waals surface area (Å²) in [6, 6.07) is 13.0. The van der Waals surface area contributed by atoms with Crippen molar-refractivity contribution in [3.05, 3.63) is 98.9 Å². The van der Waals surface area contributed by atoms with Gasteiger partial charge < -0.3 is 10.1 Å². The summed E-state index contributed by atoms with van der Waals surface area (Å²) < 4.78 is 36.5. The number of aromatic nitrogens is 3. The number of pyridine rings is 1. The van der Waals surface area contributed by atoms with Gasteiger partial charge in [-0.05, 0) is 56.2 Å². The minimum Gasteiger partial charge on any atom is -0.437 e. The molecule has 0 aliphatic rings. The number of nitrogens with one attached hydrogen (secondary N) is 2. The van der Waals surface area contributed by atoms with Gasteiger partial charge in [0.05, 0.1) is 10.6 Å². The first kappa shape index (κ1) is 29.6. The van der Waals surface area contributed by atoms with Crippen LogP contribution in [0.3, 0.4) is 0 Å². The molecular weight excluding hydrogens is 572 g/mol. The van der Waals surface area contributed by atoms with Crippen molar-refractivity contribution in [2.24, 2.45) is 0 Å². The molecule has 2 aromatic carbocycles. The van der Waals surface area contributed by atoms with E-state index in [1.54, 1.807) is 63.5 Å². The average molecular weight is 599 g/mol. The number of nitro benzene ring substituents is 1. The summed E-state index contributed by atoms with van der Waals surface area (Å²) in [4.78, 5) is 27.6. The summed E-state index contributed by atoms with van der Waals surface area (Å²) >= 11 is 6.21. The smallest absolute Gasteiger partial charge is 0.272 e. The van der Waals surface area contributed by atoms with Gasteiger partial charge >= 0.3 is 0 Å². The Morgan fingerprint density at radius 3 is 2.63 bits per heavy atom. The highest BCUT2D eigenvalue weighted by Gasteiger charge is 2.28. The molecule has 214 valence electrons. The van der Waals surface area contributed by atoms with E-state index >= 15 is 0 Å². The number of carbonyl (C=O) groups excluding carboxylic acids is 1. The van der Waals surface area contributed by atoms with Crippen molar-refractivity contribution in [3.63, 3.8) is 0 Å². The van der Waals surface area contributed by atoms with Crippen LogP contribution in [0.15, 0.2) is 71.9 Å². The Morgan fingerprint density at radius 2 is 1.98 bits per heavy atom. The largest absolute Gasteiger partial charge is 0.437 e. The zero-order valence-corrected chi connectivity index (χ0v) is 23.9. The summed E-state index contributed by atoms with van der Waals surface area (Å²) in [5, 5.41) is 19.1. The maximum Gasteiger partial charge on any atom is 0.272 e. The molecule has 14 heteroatoms. The van der Waals surface area contributed by atoms with E-state index in [0.29, 0.717) is 22.7 Å². The fraction of sp³-hybridized carbons (Fsp3) is 0.222. The molecule has 41 heavy (non-hydrogen) atoms. The van der Waals surface area contributed by atoms with E-state index in [-0.39, 0.29) is 23.9 Å². The van der Waals surface area contributed by atoms with Crippen LogP contribution < -0.4 is 14.8 Å². The molecule has 2 heterocycles. The monoisotopic (exact) mass is 598 g/mol. The van der Waals surface area contributed by atoms with Gasteiger partial charge in [-0.3, -0.25) is 19.9 Å². The van der Waals surface area contributed by atoms with Crippen molar-refractivity contribution in [2.75, 3.05) is 0 Å². The molecule has 2 aromatic heterocycles. The van der Waals surface area contributed by atoms with E-state index in [4.69, 9.17) is 16.3 Å². The van der Waals surface area contributed by atoms with E-state index < -0.39 is 37.5 Å². The first-order chi connectivity index (χ1) is 19.5. The van der Waals surface area contributed by atoms with Crippen molar-refractivity contribution in [3.8, 4) is 17.3 Å². The molecule has 1 amide bonds. The summed E-state index contributed by atoms with van der Waals surface area (Å²) in [6.07, 6.45) is 3.73. The van der Waals surface area contributed by atoms with Crippen LogP contribution in [0.2, 0.25) is 5.02 Å². The van der Waals surface area contributed by atoms with Gasteiger partial charge in [-0.25, -0.2) is 13.1 Å². The van der Waals surface area contributed by atoms with Crippen molar-refractivity contribution in [2.45, 2.75) is 44.7 Å². The van der Waals surface area contributed by atoms with Crippen molar-refractivity contribution in [1.29, 1.82) is 0 Å². The van der Waals surface area contributed by atoms with Crippen LogP contribution in [0.5, 0.6) is 11.6 Å². The second-order valence-corrected chi connectivity index (χ2v) is 11.3. The SMILES string of the molecule is CC[C@H](C)NS(=O)(=O)c1cc([N+](=O)[O-])ccc1Oc1c(C)c(C(=O)NCc2cccnc2)nn1-c1cccc(Cl)c1. The highest BCUT2D eigenvalue weighted by molar-refractivity contribution is 7.89. The van der Waals surface area contributed by atoms with Gasteiger partial charge in [0.2, 0.25) is 15.9 Å². The number of carbonyl (C=O) groups is 1. The van der Waals surface area contributed by atoms with E-state index in [2.05, 4.69) is 20.1 Å². The lowest BCUT2D eigenvalue weighted by molar-refractivity contribution is -0.385. The molecule has 0 spiro atoms. The Labute approximate surface area is 241 Å². The first-order valence-electron chi connectivity index (χ1n) is 12.5. The molecule has 4 rings (SSSR count). The van der Waals surface area contributed by atoms with E-state index in [0.717, 1.165) is 17.7 Å². The van der Waals surface area contributed by atoms with E-state index in [9.17, 15) is 23.3 Å². The van der Waals surface area contributed by atoms with Crippen molar-refractivity contribution in [1.82, 2.24) is 24.8 Å². The minimum absolute atomic E-state index is 0.0210. The molecule has 0 unspecified atom stereocenters.